The van der Waals surface area contributed by atoms with Crippen LogP contribution in [0, 0.1) is 0 Å². The van der Waals surface area contributed by atoms with Gasteiger partial charge in [0, 0.05) is 29.9 Å². The molecule has 2 aliphatic rings. The molecule has 0 unspecified atom stereocenters. The van der Waals surface area contributed by atoms with Crippen LogP contribution in [-0.4, -0.2) is 18.8 Å². The highest BCUT2D eigenvalue weighted by atomic mass is 15.4. The highest BCUT2D eigenvalue weighted by Crippen LogP contribution is 2.50. The minimum absolute atomic E-state index is 0.0405. The van der Waals surface area contributed by atoms with Gasteiger partial charge in [0.15, 0.2) is 0 Å². The lowest BCUT2D eigenvalue weighted by molar-refractivity contribution is 0.266. The molecule has 1 aliphatic carbocycles. The number of hydrogen-bond acceptors (Lipinski definition) is 2. The molecule has 2 nitrogen and oxygen atoms in total. The predicted molar refractivity (Wildman–Crippen MR) is 114 cm³/mol. The Kier molecular flexibility index (Phi) is 4.30. The summed E-state index contributed by atoms with van der Waals surface area (Å²) in [6.45, 7) is 14.7. The summed E-state index contributed by atoms with van der Waals surface area (Å²) in [7, 11) is 0. The molecular formula is C24H30N2. The molecule has 2 heteroatoms. The van der Waals surface area contributed by atoms with Gasteiger partial charge in [-0.2, -0.15) is 0 Å². The van der Waals surface area contributed by atoms with Gasteiger partial charge in [-0.3, -0.25) is 0 Å². The molecule has 0 radical (unpaired) electrons. The zero-order chi connectivity index (χ0) is 18.3. The molecule has 0 N–H and O–H groups in total. The second-order valence-electron chi connectivity index (χ2n) is 8.28. The molecule has 0 amide bonds. The van der Waals surface area contributed by atoms with Gasteiger partial charge >= 0.3 is 0 Å². The van der Waals surface area contributed by atoms with Gasteiger partial charge in [-0.05, 0) is 57.0 Å². The largest absolute Gasteiger partial charge is 0.344 e. The highest BCUT2D eigenvalue weighted by molar-refractivity contribution is 6.06. The van der Waals surface area contributed by atoms with Crippen molar-refractivity contribution in [3.05, 3.63) is 60.7 Å². The van der Waals surface area contributed by atoms with E-state index in [0.29, 0.717) is 0 Å². The van der Waals surface area contributed by atoms with E-state index in [-0.39, 0.29) is 5.66 Å². The molecule has 1 heterocycles. The smallest absolute Gasteiger partial charge is 0.113 e. The Bertz CT molecular complexity index is 797. The van der Waals surface area contributed by atoms with Crippen molar-refractivity contribution in [3.63, 3.8) is 0 Å². The van der Waals surface area contributed by atoms with E-state index in [4.69, 9.17) is 0 Å². The van der Waals surface area contributed by atoms with Gasteiger partial charge in [0.25, 0.3) is 0 Å². The third-order valence-corrected chi connectivity index (χ3v) is 5.96. The van der Waals surface area contributed by atoms with E-state index >= 15 is 0 Å². The Balaban J connectivity index is 2.00. The maximum absolute atomic E-state index is 4.26. The monoisotopic (exact) mass is 346 g/mol. The molecule has 0 saturated heterocycles. The van der Waals surface area contributed by atoms with Crippen LogP contribution in [0.3, 0.4) is 0 Å². The van der Waals surface area contributed by atoms with Crippen LogP contribution < -0.4 is 9.80 Å². The van der Waals surface area contributed by atoms with Crippen molar-refractivity contribution in [1.29, 1.82) is 0 Å². The molecule has 2 aromatic rings. The average Bonchev–Trinajstić information content (AvgIpc) is 2.63. The van der Waals surface area contributed by atoms with Crippen LogP contribution in [0.25, 0.3) is 10.8 Å². The van der Waals surface area contributed by atoms with Gasteiger partial charge in [0.05, 0.1) is 0 Å². The summed E-state index contributed by atoms with van der Waals surface area (Å²) in [6.07, 6.45) is 6.33. The lowest BCUT2D eigenvalue weighted by atomic mass is 9.82. The number of rotatable bonds is 4. The molecule has 26 heavy (non-hydrogen) atoms. The first-order valence-electron chi connectivity index (χ1n) is 9.89. The van der Waals surface area contributed by atoms with Crippen LogP contribution >= 0.6 is 0 Å². The van der Waals surface area contributed by atoms with Crippen LogP contribution in [0.2, 0.25) is 0 Å². The fourth-order valence-electron chi connectivity index (χ4n) is 5.01. The standard InChI is InChI=1S/C24H30N2/c1-18(2)16-25-21-12-8-10-20-11-9-13-22(23(20)21)26(17-19(3)4)24(25)14-6-5-7-15-24/h8-13H,1,3,5-7,14-17H2,2,4H3. The molecule has 4 rings (SSSR count). The van der Waals surface area contributed by atoms with Crippen molar-refractivity contribution < 1.29 is 0 Å². The Morgan fingerprint density at radius 2 is 1.35 bits per heavy atom. The van der Waals surface area contributed by atoms with Crippen LogP contribution in [0.4, 0.5) is 11.4 Å². The van der Waals surface area contributed by atoms with Gasteiger partial charge in [-0.25, -0.2) is 0 Å². The molecule has 0 atom stereocenters. The first-order chi connectivity index (χ1) is 12.5. The number of hydrogen-bond donors (Lipinski definition) is 0. The van der Waals surface area contributed by atoms with E-state index in [2.05, 4.69) is 73.2 Å². The lowest BCUT2D eigenvalue weighted by Crippen LogP contribution is -2.64. The minimum atomic E-state index is 0.0405. The topological polar surface area (TPSA) is 6.48 Å². The highest BCUT2D eigenvalue weighted by Gasteiger charge is 2.47. The first kappa shape index (κ1) is 17.2. The number of benzene rings is 2. The Labute approximate surface area is 157 Å². The average molecular weight is 347 g/mol. The van der Waals surface area contributed by atoms with Crippen molar-refractivity contribution in [2.24, 2.45) is 0 Å². The summed E-state index contributed by atoms with van der Waals surface area (Å²) >= 11 is 0. The molecule has 2 aromatic carbocycles. The van der Waals surface area contributed by atoms with Gasteiger partial charge in [-0.15, -0.1) is 0 Å². The van der Waals surface area contributed by atoms with E-state index in [1.807, 2.05) is 0 Å². The predicted octanol–water partition coefficient (Wildman–Crippen LogP) is 6.28. The summed E-state index contributed by atoms with van der Waals surface area (Å²) in [5.74, 6) is 0. The third-order valence-electron chi connectivity index (χ3n) is 5.96. The molecule has 0 aromatic heterocycles. The Morgan fingerprint density at radius 1 is 0.846 bits per heavy atom. The van der Waals surface area contributed by atoms with Crippen molar-refractivity contribution in [2.45, 2.75) is 51.6 Å². The quantitative estimate of drug-likeness (QED) is 0.601. The van der Waals surface area contributed by atoms with Crippen molar-refractivity contribution in [1.82, 2.24) is 0 Å². The van der Waals surface area contributed by atoms with Crippen molar-refractivity contribution in [3.8, 4) is 0 Å². The summed E-state index contributed by atoms with van der Waals surface area (Å²) in [5.41, 5.74) is 5.24. The van der Waals surface area contributed by atoms with Crippen LogP contribution in [0.5, 0.6) is 0 Å². The minimum Gasteiger partial charge on any atom is -0.344 e. The normalized spacial score (nSPS) is 18.4. The zero-order valence-corrected chi connectivity index (χ0v) is 16.2. The van der Waals surface area contributed by atoms with Crippen LogP contribution in [0.15, 0.2) is 60.7 Å². The lowest BCUT2D eigenvalue weighted by Gasteiger charge is -2.58. The fraction of sp³-hybridized carbons (Fsp3) is 0.417. The van der Waals surface area contributed by atoms with Gasteiger partial charge < -0.3 is 9.80 Å². The first-order valence-corrected chi connectivity index (χ1v) is 9.89. The third kappa shape index (κ3) is 2.63. The summed E-state index contributed by atoms with van der Waals surface area (Å²) in [4.78, 5) is 5.32. The Morgan fingerprint density at radius 3 is 1.81 bits per heavy atom. The SMILES string of the molecule is C=C(C)CN1c2cccc3cccc(c23)N(CC(=C)C)C12CCCCC2. The van der Waals surface area contributed by atoms with E-state index in [9.17, 15) is 0 Å². The summed E-state index contributed by atoms with van der Waals surface area (Å²) in [6, 6.07) is 13.5. The summed E-state index contributed by atoms with van der Waals surface area (Å²) < 4.78 is 0. The molecule has 0 bridgehead atoms. The van der Waals surface area contributed by atoms with Crippen LogP contribution in [0.1, 0.15) is 46.0 Å². The maximum Gasteiger partial charge on any atom is 0.113 e. The molecular weight excluding hydrogens is 316 g/mol. The van der Waals surface area contributed by atoms with Crippen molar-refractivity contribution in [2.75, 3.05) is 22.9 Å². The molecule has 1 saturated carbocycles. The van der Waals surface area contributed by atoms with E-state index in [1.54, 1.807) is 0 Å². The molecule has 1 fully saturated rings. The van der Waals surface area contributed by atoms with Crippen molar-refractivity contribution >= 4 is 22.1 Å². The molecule has 136 valence electrons. The summed E-state index contributed by atoms with van der Waals surface area (Å²) in [5, 5.41) is 2.71. The van der Waals surface area contributed by atoms with E-state index in [0.717, 1.165) is 13.1 Å². The number of anilines is 2. The van der Waals surface area contributed by atoms with E-state index in [1.165, 1.54) is 65.4 Å². The van der Waals surface area contributed by atoms with Gasteiger partial charge in [-0.1, -0.05) is 55.0 Å². The molecule has 1 spiro atoms. The fourth-order valence-corrected chi connectivity index (χ4v) is 5.01. The van der Waals surface area contributed by atoms with Gasteiger partial charge in [0.1, 0.15) is 5.66 Å². The molecule has 1 aliphatic heterocycles. The van der Waals surface area contributed by atoms with Gasteiger partial charge in [0.2, 0.25) is 0 Å². The van der Waals surface area contributed by atoms with E-state index < -0.39 is 0 Å². The number of nitrogens with zero attached hydrogens (tertiary/aromatic N) is 2. The zero-order valence-electron chi connectivity index (χ0n) is 16.2. The Hall–Kier alpha value is -2.22. The second kappa shape index (κ2) is 6.50. The van der Waals surface area contributed by atoms with Crippen LogP contribution in [-0.2, 0) is 0 Å². The second-order valence-corrected chi connectivity index (χ2v) is 8.28. The maximum atomic E-state index is 4.26.